The Hall–Kier alpha value is -2.20. The van der Waals surface area contributed by atoms with Gasteiger partial charge in [-0.1, -0.05) is 18.6 Å². The highest BCUT2D eigenvalue weighted by atomic mass is 19.1. The van der Waals surface area contributed by atoms with E-state index < -0.39 is 0 Å². The largest absolute Gasteiger partial charge is 0.338 e. The first-order valence-electron chi connectivity index (χ1n) is 8.68. The number of hydrogen-bond donors (Lipinski definition) is 1. The molecule has 4 rings (SSSR count). The molecule has 24 heavy (non-hydrogen) atoms. The molecule has 1 aromatic heterocycles. The Kier molecular flexibility index (Phi) is 4.07. The van der Waals surface area contributed by atoms with E-state index in [1.807, 2.05) is 30.3 Å². The Bertz CT molecular complexity index is 822. The molecule has 2 aromatic carbocycles. The predicted molar refractivity (Wildman–Crippen MR) is 95.2 cm³/mol. The van der Waals surface area contributed by atoms with E-state index in [0.29, 0.717) is 6.04 Å². The van der Waals surface area contributed by atoms with Gasteiger partial charge in [-0.2, -0.15) is 0 Å². The quantitative estimate of drug-likeness (QED) is 0.755. The minimum Gasteiger partial charge on any atom is -0.338 e. The minimum absolute atomic E-state index is 0.186. The summed E-state index contributed by atoms with van der Waals surface area (Å²) >= 11 is 0. The van der Waals surface area contributed by atoms with E-state index in [1.165, 1.54) is 25.3 Å². The van der Waals surface area contributed by atoms with Gasteiger partial charge in [-0.25, -0.2) is 9.37 Å². The lowest BCUT2D eigenvalue weighted by molar-refractivity contribution is 0.152. The molecule has 0 spiro atoms. The standard InChI is InChI=1S/C20H22FN3/c1-14-6-4-5-11-24(14)13-15-12-16(21)9-10-17(15)20-22-18-7-2-3-8-19(18)23-20/h2-3,7-10,12,14H,4-6,11,13H2,1H3,(H,22,23). The number of para-hydroxylation sites is 2. The van der Waals surface area contributed by atoms with Crippen LogP contribution in [0.15, 0.2) is 42.5 Å². The molecule has 0 radical (unpaired) electrons. The molecule has 0 aliphatic carbocycles. The van der Waals surface area contributed by atoms with Crippen LogP contribution < -0.4 is 0 Å². The zero-order chi connectivity index (χ0) is 16.5. The van der Waals surface area contributed by atoms with Gasteiger partial charge in [0.25, 0.3) is 0 Å². The zero-order valence-electron chi connectivity index (χ0n) is 13.9. The average Bonchev–Trinajstić information content (AvgIpc) is 3.01. The number of halogens is 1. The Morgan fingerprint density at radius 1 is 1.21 bits per heavy atom. The maximum Gasteiger partial charge on any atom is 0.138 e. The molecular weight excluding hydrogens is 301 g/mol. The van der Waals surface area contributed by atoms with Crippen LogP contribution in [0.2, 0.25) is 0 Å². The van der Waals surface area contributed by atoms with Crippen molar-refractivity contribution in [3.8, 4) is 11.4 Å². The molecule has 0 amide bonds. The number of likely N-dealkylation sites (tertiary alicyclic amines) is 1. The van der Waals surface area contributed by atoms with Crippen molar-refractivity contribution in [3.63, 3.8) is 0 Å². The van der Waals surface area contributed by atoms with Crippen molar-refractivity contribution in [2.75, 3.05) is 6.54 Å². The molecule has 1 atom stereocenters. The van der Waals surface area contributed by atoms with Crippen LogP contribution in [0.3, 0.4) is 0 Å². The summed E-state index contributed by atoms with van der Waals surface area (Å²) in [5.41, 5.74) is 3.94. The Balaban J connectivity index is 1.72. The van der Waals surface area contributed by atoms with Crippen molar-refractivity contribution in [2.24, 2.45) is 0 Å². The topological polar surface area (TPSA) is 31.9 Å². The lowest BCUT2D eigenvalue weighted by Crippen LogP contribution is -2.36. The second-order valence-electron chi connectivity index (χ2n) is 6.72. The third-order valence-electron chi connectivity index (χ3n) is 5.03. The molecule has 2 heterocycles. The highest BCUT2D eigenvalue weighted by Crippen LogP contribution is 2.28. The molecule has 0 bridgehead atoms. The van der Waals surface area contributed by atoms with E-state index in [4.69, 9.17) is 0 Å². The molecule has 1 fully saturated rings. The van der Waals surface area contributed by atoms with E-state index >= 15 is 0 Å². The lowest BCUT2D eigenvalue weighted by Gasteiger charge is -2.33. The van der Waals surface area contributed by atoms with Gasteiger partial charge in [-0.15, -0.1) is 0 Å². The van der Waals surface area contributed by atoms with E-state index in [0.717, 1.165) is 41.1 Å². The van der Waals surface area contributed by atoms with Crippen LogP contribution in [0.4, 0.5) is 4.39 Å². The fraction of sp³-hybridized carbons (Fsp3) is 0.350. The number of aromatic amines is 1. The molecule has 124 valence electrons. The third kappa shape index (κ3) is 2.94. The van der Waals surface area contributed by atoms with Crippen molar-refractivity contribution in [3.05, 3.63) is 53.8 Å². The summed E-state index contributed by atoms with van der Waals surface area (Å²) in [4.78, 5) is 10.5. The molecule has 4 heteroatoms. The first kappa shape index (κ1) is 15.3. The fourth-order valence-corrected chi connectivity index (χ4v) is 3.62. The van der Waals surface area contributed by atoms with E-state index in [9.17, 15) is 4.39 Å². The van der Waals surface area contributed by atoms with Gasteiger partial charge < -0.3 is 4.98 Å². The number of aromatic nitrogens is 2. The highest BCUT2D eigenvalue weighted by molar-refractivity contribution is 5.79. The summed E-state index contributed by atoms with van der Waals surface area (Å²) in [6.45, 7) is 4.11. The van der Waals surface area contributed by atoms with Crippen LogP contribution in [0.5, 0.6) is 0 Å². The maximum atomic E-state index is 13.9. The summed E-state index contributed by atoms with van der Waals surface area (Å²) < 4.78 is 13.9. The minimum atomic E-state index is -0.186. The van der Waals surface area contributed by atoms with Crippen molar-refractivity contribution in [1.29, 1.82) is 0 Å². The van der Waals surface area contributed by atoms with Gasteiger partial charge in [0.2, 0.25) is 0 Å². The number of benzene rings is 2. The summed E-state index contributed by atoms with van der Waals surface area (Å²) in [6, 6.07) is 13.5. The van der Waals surface area contributed by atoms with Crippen LogP contribution >= 0.6 is 0 Å². The van der Waals surface area contributed by atoms with Crippen molar-refractivity contribution < 1.29 is 4.39 Å². The zero-order valence-corrected chi connectivity index (χ0v) is 13.9. The van der Waals surface area contributed by atoms with Gasteiger partial charge in [-0.3, -0.25) is 4.90 Å². The number of hydrogen-bond acceptors (Lipinski definition) is 2. The van der Waals surface area contributed by atoms with E-state index in [1.54, 1.807) is 6.07 Å². The average molecular weight is 323 g/mol. The Morgan fingerprint density at radius 3 is 2.92 bits per heavy atom. The van der Waals surface area contributed by atoms with Crippen LogP contribution in [-0.2, 0) is 6.54 Å². The van der Waals surface area contributed by atoms with Gasteiger partial charge in [0.15, 0.2) is 0 Å². The summed E-state index contributed by atoms with van der Waals surface area (Å²) in [5.74, 6) is 0.630. The smallest absolute Gasteiger partial charge is 0.138 e. The van der Waals surface area contributed by atoms with Crippen LogP contribution in [0.25, 0.3) is 22.4 Å². The van der Waals surface area contributed by atoms with Crippen molar-refractivity contribution >= 4 is 11.0 Å². The molecule has 1 unspecified atom stereocenters. The number of imidazole rings is 1. The number of nitrogens with zero attached hydrogens (tertiary/aromatic N) is 2. The number of nitrogens with one attached hydrogen (secondary N) is 1. The van der Waals surface area contributed by atoms with Gasteiger partial charge in [0.1, 0.15) is 11.6 Å². The summed E-state index contributed by atoms with van der Waals surface area (Å²) in [5, 5.41) is 0. The summed E-state index contributed by atoms with van der Waals surface area (Å²) in [6.07, 6.45) is 3.73. The monoisotopic (exact) mass is 323 g/mol. The van der Waals surface area contributed by atoms with Gasteiger partial charge in [0.05, 0.1) is 11.0 Å². The van der Waals surface area contributed by atoms with Crippen molar-refractivity contribution in [2.45, 2.75) is 38.8 Å². The molecular formula is C20H22FN3. The first-order valence-corrected chi connectivity index (χ1v) is 8.68. The number of piperidine rings is 1. The number of H-pyrrole nitrogens is 1. The molecule has 1 N–H and O–H groups in total. The van der Waals surface area contributed by atoms with Gasteiger partial charge in [0, 0.05) is 18.2 Å². The molecule has 1 aliphatic rings. The van der Waals surface area contributed by atoms with Crippen molar-refractivity contribution in [1.82, 2.24) is 14.9 Å². The molecule has 3 aromatic rings. The van der Waals surface area contributed by atoms with E-state index in [2.05, 4.69) is 21.8 Å². The van der Waals surface area contributed by atoms with Gasteiger partial charge in [-0.05, 0) is 62.2 Å². The van der Waals surface area contributed by atoms with E-state index in [-0.39, 0.29) is 5.82 Å². The molecule has 1 aliphatic heterocycles. The van der Waals surface area contributed by atoms with Crippen LogP contribution in [0, 0.1) is 5.82 Å². The summed E-state index contributed by atoms with van der Waals surface area (Å²) in [7, 11) is 0. The lowest BCUT2D eigenvalue weighted by atomic mass is 10.0. The normalized spacial score (nSPS) is 19.0. The number of rotatable bonds is 3. The second kappa shape index (κ2) is 6.36. The fourth-order valence-electron chi connectivity index (χ4n) is 3.62. The molecule has 3 nitrogen and oxygen atoms in total. The second-order valence-corrected chi connectivity index (χ2v) is 6.72. The Morgan fingerprint density at radius 2 is 2.08 bits per heavy atom. The molecule has 0 saturated carbocycles. The maximum absolute atomic E-state index is 13.9. The highest BCUT2D eigenvalue weighted by Gasteiger charge is 2.20. The third-order valence-corrected chi connectivity index (χ3v) is 5.03. The Labute approximate surface area is 141 Å². The van der Waals surface area contributed by atoms with Crippen LogP contribution in [0.1, 0.15) is 31.7 Å². The predicted octanol–water partition coefficient (Wildman–Crippen LogP) is 4.74. The first-order chi connectivity index (χ1) is 11.7. The molecule has 1 saturated heterocycles. The number of fused-ring (bicyclic) bond motifs is 1. The SMILES string of the molecule is CC1CCCCN1Cc1cc(F)ccc1-c1nc2ccccc2[nH]1. The van der Waals surface area contributed by atoms with Gasteiger partial charge >= 0.3 is 0 Å². The van der Waals surface area contributed by atoms with Crippen LogP contribution in [-0.4, -0.2) is 27.5 Å².